The number of carbonyl (C=O) groups excluding carboxylic acids is 2. The van der Waals surface area contributed by atoms with Crippen molar-refractivity contribution < 1.29 is 14.3 Å². The summed E-state index contributed by atoms with van der Waals surface area (Å²) in [6, 6.07) is 1.96. The van der Waals surface area contributed by atoms with Crippen molar-refractivity contribution in [3.05, 3.63) is 34.9 Å². The van der Waals surface area contributed by atoms with E-state index >= 15 is 0 Å². The van der Waals surface area contributed by atoms with Crippen molar-refractivity contribution in [3.8, 4) is 5.82 Å². The number of esters is 1. The summed E-state index contributed by atoms with van der Waals surface area (Å²) in [4.78, 5) is 26.9. The average molecular weight is 452 g/mol. The number of carbonyl (C=O) groups is 2. The summed E-state index contributed by atoms with van der Waals surface area (Å²) >= 11 is 0. The molecular weight excluding hydrogens is 422 g/mol. The predicted molar refractivity (Wildman–Crippen MR) is 117 cm³/mol. The lowest BCUT2D eigenvalue weighted by atomic mass is 9.68. The highest BCUT2D eigenvalue weighted by Crippen LogP contribution is 2.49. The number of cyclic esters (lactones) is 1. The molecule has 10 nitrogen and oxygen atoms in total. The van der Waals surface area contributed by atoms with Crippen LogP contribution in [0.5, 0.6) is 0 Å². The Morgan fingerprint density at radius 3 is 2.61 bits per heavy atom. The zero-order valence-electron chi connectivity index (χ0n) is 19.3. The Kier molecular flexibility index (Phi) is 5.46. The molecule has 1 amide bonds. The Balaban J connectivity index is 1.21. The Bertz CT molecular complexity index is 1100. The third-order valence-electron chi connectivity index (χ3n) is 7.73. The van der Waals surface area contributed by atoms with Crippen LogP contribution in [0, 0.1) is 18.3 Å². The number of amides is 1. The van der Waals surface area contributed by atoms with Crippen molar-refractivity contribution >= 4 is 11.9 Å². The van der Waals surface area contributed by atoms with Gasteiger partial charge in [-0.15, -0.1) is 10.2 Å². The van der Waals surface area contributed by atoms with Crippen molar-refractivity contribution in [3.63, 3.8) is 0 Å². The molecule has 2 fully saturated rings. The highest BCUT2D eigenvalue weighted by molar-refractivity contribution is 5.94. The lowest BCUT2D eigenvalue weighted by Gasteiger charge is -2.36. The second-order valence-electron chi connectivity index (χ2n) is 9.74. The van der Waals surface area contributed by atoms with Gasteiger partial charge in [-0.05, 0) is 80.3 Å². The maximum absolute atomic E-state index is 13.3. The molecule has 0 unspecified atom stereocenters. The first kappa shape index (κ1) is 21.7. The Hall–Kier alpha value is -3.17. The summed E-state index contributed by atoms with van der Waals surface area (Å²) in [7, 11) is 0. The molecular formula is C23H29N7O3. The molecule has 33 heavy (non-hydrogen) atoms. The molecule has 2 aromatic heterocycles. The fourth-order valence-electron chi connectivity index (χ4n) is 5.71. The van der Waals surface area contributed by atoms with Gasteiger partial charge in [-0.1, -0.05) is 6.92 Å². The topological polar surface area (TPSA) is 116 Å². The van der Waals surface area contributed by atoms with Gasteiger partial charge in [0.2, 0.25) is 5.91 Å². The summed E-state index contributed by atoms with van der Waals surface area (Å²) in [5.74, 6) is 1.33. The standard InChI is InChI=1S/C23H29N7O3/c1-14(20-15(2)11-19(25-26-20)30-13-24-27-28-30)10-17-4-6-23(7-5-17)8-9-29(22(23)32)18-12-33-21(31)16(18)3/h11,13-14,17H,4-10,12H2,1-3H3/t14-,17?,23?/m0/s1. The van der Waals surface area contributed by atoms with Gasteiger partial charge >= 0.3 is 5.97 Å². The Morgan fingerprint density at radius 1 is 1.18 bits per heavy atom. The van der Waals surface area contributed by atoms with Crippen molar-refractivity contribution in [2.45, 2.75) is 65.2 Å². The van der Waals surface area contributed by atoms with Crippen LogP contribution in [0.3, 0.4) is 0 Å². The molecule has 174 valence electrons. The van der Waals surface area contributed by atoms with E-state index in [4.69, 9.17) is 4.74 Å². The molecule has 1 atom stereocenters. The van der Waals surface area contributed by atoms with Gasteiger partial charge in [-0.2, -0.15) is 9.78 Å². The second kappa shape index (κ2) is 8.31. The molecule has 2 aromatic rings. The van der Waals surface area contributed by atoms with Gasteiger partial charge in [-0.3, -0.25) is 4.79 Å². The van der Waals surface area contributed by atoms with Crippen LogP contribution in [-0.4, -0.2) is 60.3 Å². The average Bonchev–Trinajstić information content (AvgIpc) is 3.53. The molecule has 1 saturated heterocycles. The normalized spacial score (nSPS) is 26.4. The first-order valence-corrected chi connectivity index (χ1v) is 11.6. The maximum atomic E-state index is 13.3. The van der Waals surface area contributed by atoms with Gasteiger partial charge in [0.15, 0.2) is 5.82 Å². The molecule has 0 radical (unpaired) electrons. The van der Waals surface area contributed by atoms with Crippen LogP contribution in [0.2, 0.25) is 0 Å². The van der Waals surface area contributed by atoms with Crippen LogP contribution in [0.15, 0.2) is 23.7 Å². The van der Waals surface area contributed by atoms with E-state index in [2.05, 4.69) is 32.6 Å². The van der Waals surface area contributed by atoms with Crippen molar-refractivity contribution in [1.82, 2.24) is 35.3 Å². The zero-order valence-corrected chi connectivity index (χ0v) is 19.3. The molecule has 2 aliphatic heterocycles. The molecule has 0 N–H and O–H groups in total. The van der Waals surface area contributed by atoms with E-state index in [1.807, 2.05) is 17.9 Å². The van der Waals surface area contributed by atoms with Crippen LogP contribution in [0.25, 0.3) is 5.82 Å². The zero-order chi connectivity index (χ0) is 23.2. The van der Waals surface area contributed by atoms with E-state index in [9.17, 15) is 9.59 Å². The number of aryl methyl sites for hydroxylation is 1. The fourth-order valence-corrected chi connectivity index (χ4v) is 5.71. The first-order chi connectivity index (χ1) is 15.9. The molecule has 0 bridgehead atoms. The van der Waals surface area contributed by atoms with Crippen LogP contribution in [0.1, 0.15) is 69.5 Å². The van der Waals surface area contributed by atoms with Gasteiger partial charge in [0.1, 0.15) is 12.9 Å². The van der Waals surface area contributed by atoms with Crippen molar-refractivity contribution in [1.29, 1.82) is 0 Å². The number of hydrogen-bond donors (Lipinski definition) is 0. The monoisotopic (exact) mass is 451 g/mol. The number of aromatic nitrogens is 6. The quantitative estimate of drug-likeness (QED) is 0.637. The van der Waals surface area contributed by atoms with Crippen LogP contribution < -0.4 is 0 Å². The van der Waals surface area contributed by atoms with Gasteiger partial charge in [-0.25, -0.2) is 4.79 Å². The highest BCUT2D eigenvalue weighted by Gasteiger charge is 2.50. The maximum Gasteiger partial charge on any atom is 0.336 e. The second-order valence-corrected chi connectivity index (χ2v) is 9.74. The van der Waals surface area contributed by atoms with Gasteiger partial charge in [0.25, 0.3) is 0 Å². The van der Waals surface area contributed by atoms with Gasteiger partial charge in [0.05, 0.1) is 22.4 Å². The lowest BCUT2D eigenvalue weighted by molar-refractivity contribution is -0.138. The molecule has 0 aromatic carbocycles. The third kappa shape index (κ3) is 3.81. The van der Waals surface area contributed by atoms with Crippen molar-refractivity contribution in [2.24, 2.45) is 11.3 Å². The minimum atomic E-state index is -0.305. The smallest absolute Gasteiger partial charge is 0.336 e. The number of tetrazole rings is 1. The summed E-state index contributed by atoms with van der Waals surface area (Å²) in [6.07, 6.45) is 7.28. The van der Waals surface area contributed by atoms with E-state index in [0.717, 1.165) is 55.5 Å². The molecule has 10 heteroatoms. The summed E-state index contributed by atoms with van der Waals surface area (Å²) in [5, 5.41) is 19.9. The summed E-state index contributed by atoms with van der Waals surface area (Å²) < 4.78 is 6.63. The number of ether oxygens (including phenoxy) is 1. The molecule has 1 spiro atoms. The van der Waals surface area contributed by atoms with Gasteiger partial charge in [0, 0.05) is 12.5 Å². The minimum absolute atomic E-state index is 0.182. The predicted octanol–water partition coefficient (Wildman–Crippen LogP) is 2.49. The highest BCUT2D eigenvalue weighted by atomic mass is 16.5. The largest absolute Gasteiger partial charge is 0.456 e. The molecule has 1 saturated carbocycles. The molecule has 1 aliphatic carbocycles. The third-order valence-corrected chi connectivity index (χ3v) is 7.73. The van der Waals surface area contributed by atoms with E-state index in [1.165, 1.54) is 11.0 Å². The Labute approximate surface area is 192 Å². The molecule has 5 rings (SSSR count). The molecule has 3 aliphatic rings. The summed E-state index contributed by atoms with van der Waals surface area (Å²) in [5.41, 5.74) is 3.14. The Morgan fingerprint density at radius 2 is 1.97 bits per heavy atom. The number of rotatable bonds is 5. The molecule has 4 heterocycles. The van der Waals surface area contributed by atoms with Crippen LogP contribution in [-0.2, 0) is 14.3 Å². The number of nitrogens with zero attached hydrogens (tertiary/aromatic N) is 7. The number of likely N-dealkylation sites (tertiary alicyclic amines) is 1. The van der Waals surface area contributed by atoms with E-state index < -0.39 is 0 Å². The first-order valence-electron chi connectivity index (χ1n) is 11.6. The van der Waals surface area contributed by atoms with Crippen LogP contribution >= 0.6 is 0 Å². The van der Waals surface area contributed by atoms with E-state index in [-0.39, 0.29) is 29.8 Å². The number of hydrogen-bond acceptors (Lipinski definition) is 8. The van der Waals surface area contributed by atoms with E-state index in [1.54, 1.807) is 6.92 Å². The minimum Gasteiger partial charge on any atom is -0.456 e. The van der Waals surface area contributed by atoms with Crippen LogP contribution in [0.4, 0.5) is 0 Å². The van der Waals surface area contributed by atoms with Crippen molar-refractivity contribution in [2.75, 3.05) is 13.2 Å². The van der Waals surface area contributed by atoms with E-state index in [0.29, 0.717) is 23.9 Å². The lowest BCUT2D eigenvalue weighted by Crippen LogP contribution is -2.37. The SMILES string of the molecule is CC1=C(N2CCC3(CCC(C[C@H](C)c4nnc(-n5cnnn5)cc4C)CC3)C2=O)COC1=O. The summed E-state index contributed by atoms with van der Waals surface area (Å²) in [6.45, 7) is 6.91. The van der Waals surface area contributed by atoms with Gasteiger partial charge < -0.3 is 9.64 Å². The fraction of sp³-hybridized carbons (Fsp3) is 0.609.